The highest BCUT2D eigenvalue weighted by Gasteiger charge is 2.26. The van der Waals surface area contributed by atoms with E-state index in [0.29, 0.717) is 11.7 Å². The number of unbranched alkanes of at least 4 members (excludes halogenated alkanes) is 1. The Labute approximate surface area is 148 Å². The van der Waals surface area contributed by atoms with Gasteiger partial charge in [-0.15, -0.1) is 0 Å². The number of anilines is 1. The van der Waals surface area contributed by atoms with Crippen LogP contribution in [-0.2, 0) is 17.9 Å². The summed E-state index contributed by atoms with van der Waals surface area (Å²) < 4.78 is 3.86. The number of imidazole rings is 1. The Bertz CT molecular complexity index is 711. The predicted octanol–water partition coefficient (Wildman–Crippen LogP) is 2.18. The van der Waals surface area contributed by atoms with Gasteiger partial charge < -0.3 is 15.2 Å². The second kappa shape index (κ2) is 7.72. The first-order chi connectivity index (χ1) is 12.1. The third kappa shape index (κ3) is 4.03. The Kier molecular flexibility index (Phi) is 5.40. The number of aromatic nitrogens is 4. The molecule has 1 aliphatic rings. The van der Waals surface area contributed by atoms with Crippen molar-refractivity contribution in [3.63, 3.8) is 0 Å². The second-order valence-electron chi connectivity index (χ2n) is 6.86. The van der Waals surface area contributed by atoms with Gasteiger partial charge in [-0.05, 0) is 26.2 Å². The van der Waals surface area contributed by atoms with E-state index in [4.69, 9.17) is 5.73 Å². The summed E-state index contributed by atoms with van der Waals surface area (Å²) in [5, 5.41) is 4.27. The Morgan fingerprint density at radius 1 is 1.36 bits per heavy atom. The fraction of sp³-hybridized carbons (Fsp3) is 0.611. The van der Waals surface area contributed by atoms with Crippen LogP contribution >= 0.6 is 0 Å². The number of hydrogen-bond donors (Lipinski definition) is 1. The molecule has 2 aromatic rings. The average molecular weight is 344 g/mol. The molecule has 2 N–H and O–H groups in total. The van der Waals surface area contributed by atoms with Gasteiger partial charge in [0.2, 0.25) is 5.91 Å². The maximum absolute atomic E-state index is 12.5. The number of hydrogen-bond acceptors (Lipinski definition) is 4. The normalized spacial score (nSPS) is 15.7. The molecule has 3 heterocycles. The zero-order valence-electron chi connectivity index (χ0n) is 15.2. The fourth-order valence-corrected chi connectivity index (χ4v) is 3.51. The van der Waals surface area contributed by atoms with Crippen LogP contribution in [0, 0.1) is 6.92 Å². The maximum atomic E-state index is 12.5. The quantitative estimate of drug-likeness (QED) is 0.871. The number of nitrogen functional groups attached to an aromatic ring is 1. The highest BCUT2D eigenvalue weighted by atomic mass is 16.2. The molecule has 3 rings (SSSR count). The van der Waals surface area contributed by atoms with Gasteiger partial charge in [-0.1, -0.05) is 13.3 Å². The zero-order chi connectivity index (χ0) is 17.8. The standard InChI is InChI=1S/C18H28N6O/c1-3-4-8-23-11-7-20-18(23)15-5-9-22(10-6-15)17(25)13-24-16(19)12-14(2)21-24/h7,11-12,15H,3-6,8-10,13,19H2,1-2H3. The fourth-order valence-electron chi connectivity index (χ4n) is 3.51. The molecule has 7 nitrogen and oxygen atoms in total. The van der Waals surface area contributed by atoms with Crippen molar-refractivity contribution in [1.82, 2.24) is 24.2 Å². The van der Waals surface area contributed by atoms with E-state index in [1.165, 1.54) is 18.7 Å². The molecule has 0 radical (unpaired) electrons. The molecule has 0 bridgehead atoms. The summed E-state index contributed by atoms with van der Waals surface area (Å²) in [5.41, 5.74) is 6.72. The Morgan fingerprint density at radius 2 is 2.12 bits per heavy atom. The first kappa shape index (κ1) is 17.5. The number of amides is 1. The van der Waals surface area contributed by atoms with Crippen LogP contribution in [0.3, 0.4) is 0 Å². The van der Waals surface area contributed by atoms with Crippen molar-refractivity contribution >= 4 is 11.7 Å². The van der Waals surface area contributed by atoms with Crippen LogP contribution in [0.4, 0.5) is 5.82 Å². The smallest absolute Gasteiger partial charge is 0.244 e. The molecule has 2 aromatic heterocycles. The third-order valence-electron chi connectivity index (χ3n) is 4.93. The number of piperidine rings is 1. The molecule has 7 heteroatoms. The minimum atomic E-state index is 0.0857. The van der Waals surface area contributed by atoms with Crippen molar-refractivity contribution in [1.29, 1.82) is 0 Å². The summed E-state index contributed by atoms with van der Waals surface area (Å²) in [6, 6.07) is 1.79. The minimum absolute atomic E-state index is 0.0857. The van der Waals surface area contributed by atoms with E-state index in [9.17, 15) is 4.79 Å². The lowest BCUT2D eigenvalue weighted by Crippen LogP contribution is -2.40. The number of nitrogens with zero attached hydrogens (tertiary/aromatic N) is 5. The van der Waals surface area contributed by atoms with Crippen LogP contribution in [0.15, 0.2) is 18.5 Å². The first-order valence-electron chi connectivity index (χ1n) is 9.17. The van der Waals surface area contributed by atoms with E-state index >= 15 is 0 Å². The van der Waals surface area contributed by atoms with Crippen molar-refractivity contribution < 1.29 is 4.79 Å². The number of aryl methyl sites for hydroxylation is 2. The maximum Gasteiger partial charge on any atom is 0.244 e. The number of nitrogens with two attached hydrogens (primary N) is 1. The van der Waals surface area contributed by atoms with Crippen molar-refractivity contribution in [2.75, 3.05) is 18.8 Å². The summed E-state index contributed by atoms with van der Waals surface area (Å²) in [5.74, 6) is 2.24. The summed E-state index contributed by atoms with van der Waals surface area (Å²) in [6.45, 7) is 6.87. The van der Waals surface area contributed by atoms with Crippen molar-refractivity contribution in [2.24, 2.45) is 0 Å². The lowest BCUT2D eigenvalue weighted by Gasteiger charge is -2.32. The molecule has 1 saturated heterocycles. The van der Waals surface area contributed by atoms with Gasteiger partial charge in [0.25, 0.3) is 0 Å². The van der Waals surface area contributed by atoms with E-state index in [1.54, 1.807) is 10.7 Å². The van der Waals surface area contributed by atoms with Gasteiger partial charge in [0.15, 0.2) is 0 Å². The van der Waals surface area contributed by atoms with Crippen LogP contribution in [0.2, 0.25) is 0 Å². The number of likely N-dealkylation sites (tertiary alicyclic amines) is 1. The van der Waals surface area contributed by atoms with E-state index < -0.39 is 0 Å². The number of carbonyl (C=O) groups is 1. The van der Waals surface area contributed by atoms with Gasteiger partial charge in [-0.2, -0.15) is 5.10 Å². The highest BCUT2D eigenvalue weighted by molar-refractivity contribution is 5.76. The number of rotatable bonds is 6. The van der Waals surface area contributed by atoms with Crippen molar-refractivity contribution in [3.8, 4) is 0 Å². The molecule has 1 fully saturated rings. The van der Waals surface area contributed by atoms with Gasteiger partial charge in [-0.3, -0.25) is 4.79 Å². The molecular weight excluding hydrogens is 316 g/mol. The molecule has 0 unspecified atom stereocenters. The Balaban J connectivity index is 1.56. The van der Waals surface area contributed by atoms with E-state index in [1.807, 2.05) is 18.0 Å². The molecule has 0 spiro atoms. The zero-order valence-corrected chi connectivity index (χ0v) is 15.2. The molecule has 0 saturated carbocycles. The van der Waals surface area contributed by atoms with E-state index in [-0.39, 0.29) is 12.5 Å². The van der Waals surface area contributed by atoms with Gasteiger partial charge in [0, 0.05) is 44.0 Å². The second-order valence-corrected chi connectivity index (χ2v) is 6.86. The summed E-state index contributed by atoms with van der Waals surface area (Å²) in [4.78, 5) is 19.0. The van der Waals surface area contributed by atoms with Crippen LogP contribution in [0.5, 0.6) is 0 Å². The van der Waals surface area contributed by atoms with Crippen molar-refractivity contribution in [3.05, 3.63) is 30.0 Å². The van der Waals surface area contributed by atoms with Gasteiger partial charge >= 0.3 is 0 Å². The number of carbonyl (C=O) groups excluding carboxylic acids is 1. The van der Waals surface area contributed by atoms with Crippen LogP contribution in [-0.4, -0.2) is 43.2 Å². The van der Waals surface area contributed by atoms with E-state index in [0.717, 1.165) is 38.2 Å². The van der Waals surface area contributed by atoms with Crippen LogP contribution < -0.4 is 5.73 Å². The molecule has 1 aliphatic heterocycles. The molecule has 136 valence electrons. The molecule has 25 heavy (non-hydrogen) atoms. The highest BCUT2D eigenvalue weighted by Crippen LogP contribution is 2.27. The average Bonchev–Trinajstić information content (AvgIpc) is 3.19. The monoisotopic (exact) mass is 344 g/mol. The first-order valence-corrected chi connectivity index (χ1v) is 9.17. The van der Waals surface area contributed by atoms with Gasteiger partial charge in [-0.25, -0.2) is 9.67 Å². The van der Waals surface area contributed by atoms with Gasteiger partial charge in [0.05, 0.1) is 5.69 Å². The molecule has 0 aliphatic carbocycles. The molecule has 0 aromatic carbocycles. The molecular formula is C18H28N6O. The van der Waals surface area contributed by atoms with Crippen LogP contribution in [0.25, 0.3) is 0 Å². The summed E-state index contributed by atoms with van der Waals surface area (Å²) in [7, 11) is 0. The third-order valence-corrected chi connectivity index (χ3v) is 4.93. The summed E-state index contributed by atoms with van der Waals surface area (Å²) in [6.07, 6.45) is 8.24. The Hall–Kier alpha value is -2.31. The van der Waals surface area contributed by atoms with Crippen LogP contribution in [0.1, 0.15) is 50.0 Å². The van der Waals surface area contributed by atoms with E-state index in [2.05, 4.69) is 27.8 Å². The largest absolute Gasteiger partial charge is 0.384 e. The lowest BCUT2D eigenvalue weighted by molar-refractivity contribution is -0.133. The Morgan fingerprint density at radius 3 is 2.76 bits per heavy atom. The van der Waals surface area contributed by atoms with Crippen molar-refractivity contribution in [2.45, 2.75) is 58.5 Å². The SMILES string of the molecule is CCCCn1ccnc1C1CCN(C(=O)Cn2nc(C)cc2N)CC1. The molecule has 1 amide bonds. The summed E-state index contributed by atoms with van der Waals surface area (Å²) >= 11 is 0. The predicted molar refractivity (Wildman–Crippen MR) is 97.1 cm³/mol. The minimum Gasteiger partial charge on any atom is -0.384 e. The molecule has 0 atom stereocenters. The van der Waals surface area contributed by atoms with Gasteiger partial charge in [0.1, 0.15) is 18.2 Å². The lowest BCUT2D eigenvalue weighted by atomic mass is 9.95. The topological polar surface area (TPSA) is 82.0 Å².